The summed E-state index contributed by atoms with van der Waals surface area (Å²) >= 11 is 13.4. The minimum atomic E-state index is -0.240. The van der Waals surface area contributed by atoms with E-state index >= 15 is 0 Å². The van der Waals surface area contributed by atoms with Crippen molar-refractivity contribution in [2.24, 2.45) is 0 Å². The van der Waals surface area contributed by atoms with Crippen LogP contribution in [-0.2, 0) is 13.0 Å². The van der Waals surface area contributed by atoms with Gasteiger partial charge in [0.25, 0.3) is 5.91 Å². The Morgan fingerprint density at radius 2 is 2.07 bits per heavy atom. The standard InChI is InChI=1S/C17H14Cl2N6OS/c18-10-3-1-2-9(6-10)15(26)24-17-21-11-4-5-25(8-12(11)27-17)14-7-13(19)22-16(20)23-14/h1-3,6-7H,4-5,8H2,(H2,20,22,23)(H,21,24,26). The van der Waals surface area contributed by atoms with Crippen molar-refractivity contribution in [2.45, 2.75) is 13.0 Å². The van der Waals surface area contributed by atoms with Crippen LogP contribution in [0.2, 0.25) is 10.2 Å². The van der Waals surface area contributed by atoms with Gasteiger partial charge in [-0.25, -0.2) is 9.97 Å². The smallest absolute Gasteiger partial charge is 0.257 e. The highest BCUT2D eigenvalue weighted by Gasteiger charge is 2.23. The van der Waals surface area contributed by atoms with Crippen molar-refractivity contribution in [3.63, 3.8) is 0 Å². The number of carbonyl (C=O) groups is 1. The van der Waals surface area contributed by atoms with Gasteiger partial charge in [-0.1, -0.05) is 40.6 Å². The van der Waals surface area contributed by atoms with E-state index in [-0.39, 0.29) is 11.9 Å². The number of hydrogen-bond acceptors (Lipinski definition) is 7. The van der Waals surface area contributed by atoms with Crippen molar-refractivity contribution < 1.29 is 4.79 Å². The number of fused-ring (bicyclic) bond motifs is 1. The summed E-state index contributed by atoms with van der Waals surface area (Å²) in [5.74, 6) is 0.578. The molecule has 0 saturated carbocycles. The van der Waals surface area contributed by atoms with Crippen LogP contribution in [0.15, 0.2) is 30.3 Å². The average Bonchev–Trinajstić information content (AvgIpc) is 3.02. The highest BCUT2D eigenvalue weighted by atomic mass is 35.5. The first kappa shape index (κ1) is 18.0. The molecule has 0 unspecified atom stereocenters. The van der Waals surface area contributed by atoms with Gasteiger partial charge in [-0.05, 0) is 18.2 Å². The van der Waals surface area contributed by atoms with Crippen LogP contribution in [0.3, 0.4) is 0 Å². The Balaban J connectivity index is 1.51. The number of anilines is 3. The Morgan fingerprint density at radius 3 is 2.85 bits per heavy atom. The predicted molar refractivity (Wildman–Crippen MR) is 108 cm³/mol. The molecule has 0 fully saturated rings. The highest BCUT2D eigenvalue weighted by molar-refractivity contribution is 7.15. The SMILES string of the molecule is Nc1nc(Cl)cc(N2CCc3nc(NC(=O)c4cccc(Cl)c4)sc3C2)n1. The van der Waals surface area contributed by atoms with Crippen LogP contribution in [0.5, 0.6) is 0 Å². The first-order chi connectivity index (χ1) is 13.0. The number of carbonyl (C=O) groups excluding carboxylic acids is 1. The number of rotatable bonds is 3. The first-order valence-corrected chi connectivity index (χ1v) is 9.65. The quantitative estimate of drug-likeness (QED) is 0.627. The van der Waals surface area contributed by atoms with Gasteiger partial charge in [-0.3, -0.25) is 10.1 Å². The summed E-state index contributed by atoms with van der Waals surface area (Å²) < 4.78 is 0. The zero-order valence-electron chi connectivity index (χ0n) is 13.9. The molecule has 1 aliphatic rings. The van der Waals surface area contributed by atoms with Crippen LogP contribution >= 0.6 is 34.5 Å². The van der Waals surface area contributed by atoms with E-state index in [1.807, 2.05) is 0 Å². The lowest BCUT2D eigenvalue weighted by Gasteiger charge is -2.27. The number of nitrogens with two attached hydrogens (primary N) is 1. The van der Waals surface area contributed by atoms with Crippen molar-refractivity contribution in [3.8, 4) is 0 Å². The average molecular weight is 421 g/mol. The fourth-order valence-electron chi connectivity index (χ4n) is 2.83. The number of nitrogens with one attached hydrogen (secondary N) is 1. The monoisotopic (exact) mass is 420 g/mol. The minimum absolute atomic E-state index is 0.141. The molecule has 3 aromatic rings. The lowest BCUT2D eigenvalue weighted by molar-refractivity contribution is 0.102. The molecule has 0 spiro atoms. The number of benzene rings is 1. The molecule has 3 heterocycles. The van der Waals surface area contributed by atoms with Gasteiger partial charge in [0.15, 0.2) is 5.13 Å². The van der Waals surface area contributed by atoms with Gasteiger partial charge in [0.1, 0.15) is 11.0 Å². The molecule has 7 nitrogen and oxygen atoms in total. The molecule has 1 amide bonds. The summed E-state index contributed by atoms with van der Waals surface area (Å²) in [6, 6.07) is 8.47. The summed E-state index contributed by atoms with van der Waals surface area (Å²) in [5.41, 5.74) is 7.15. The third-order valence-corrected chi connectivity index (χ3v) is 5.49. The fourth-order valence-corrected chi connectivity index (χ4v) is 4.22. The van der Waals surface area contributed by atoms with E-state index in [0.29, 0.717) is 33.2 Å². The Bertz CT molecular complexity index is 1000. The molecule has 27 heavy (non-hydrogen) atoms. The zero-order valence-corrected chi connectivity index (χ0v) is 16.3. The van der Waals surface area contributed by atoms with Crippen molar-refractivity contribution >= 4 is 57.3 Å². The Hall–Kier alpha value is -2.42. The van der Waals surface area contributed by atoms with Gasteiger partial charge in [0.2, 0.25) is 5.95 Å². The number of aromatic nitrogens is 3. The second-order valence-corrected chi connectivity index (χ2v) is 7.84. The van der Waals surface area contributed by atoms with Crippen LogP contribution in [0.4, 0.5) is 16.9 Å². The number of halogens is 2. The summed E-state index contributed by atoms with van der Waals surface area (Å²) in [6.07, 6.45) is 0.737. The maximum atomic E-state index is 12.4. The Labute approximate surface area is 169 Å². The lowest BCUT2D eigenvalue weighted by Crippen LogP contribution is -2.30. The second-order valence-electron chi connectivity index (χ2n) is 5.93. The number of nitrogen functional groups attached to an aromatic ring is 1. The first-order valence-electron chi connectivity index (χ1n) is 8.08. The molecule has 2 aromatic heterocycles. The van der Waals surface area contributed by atoms with Crippen LogP contribution in [0.1, 0.15) is 20.9 Å². The van der Waals surface area contributed by atoms with Gasteiger partial charge in [0.05, 0.1) is 12.2 Å². The molecular weight excluding hydrogens is 407 g/mol. The third kappa shape index (κ3) is 3.97. The molecular formula is C17H14Cl2N6OS. The number of hydrogen-bond donors (Lipinski definition) is 2. The summed E-state index contributed by atoms with van der Waals surface area (Å²) in [4.78, 5) is 28.2. The normalized spacial score (nSPS) is 13.3. The van der Waals surface area contributed by atoms with E-state index in [4.69, 9.17) is 28.9 Å². The molecule has 0 bridgehead atoms. The number of nitrogens with zero attached hydrogens (tertiary/aromatic N) is 4. The summed E-state index contributed by atoms with van der Waals surface area (Å²) in [5, 5.41) is 4.22. The molecule has 1 aliphatic heterocycles. The summed E-state index contributed by atoms with van der Waals surface area (Å²) in [7, 11) is 0. The Morgan fingerprint density at radius 1 is 1.22 bits per heavy atom. The van der Waals surface area contributed by atoms with Crippen LogP contribution in [0, 0.1) is 0 Å². The van der Waals surface area contributed by atoms with E-state index in [2.05, 4.69) is 25.2 Å². The maximum absolute atomic E-state index is 12.4. The number of amides is 1. The Kier molecular flexibility index (Phi) is 4.86. The molecule has 138 valence electrons. The van der Waals surface area contributed by atoms with Crippen LogP contribution in [-0.4, -0.2) is 27.4 Å². The predicted octanol–water partition coefficient (Wildman–Crippen LogP) is 3.64. The van der Waals surface area contributed by atoms with E-state index in [1.165, 1.54) is 11.3 Å². The third-order valence-electron chi connectivity index (χ3n) is 4.06. The van der Waals surface area contributed by atoms with Gasteiger partial charge in [-0.2, -0.15) is 4.98 Å². The molecule has 0 saturated heterocycles. The largest absolute Gasteiger partial charge is 0.368 e. The van der Waals surface area contributed by atoms with Gasteiger partial charge >= 0.3 is 0 Å². The molecule has 0 radical (unpaired) electrons. The van der Waals surface area contributed by atoms with Crippen LogP contribution in [0.25, 0.3) is 0 Å². The molecule has 1 aromatic carbocycles. The summed E-state index contributed by atoms with van der Waals surface area (Å²) in [6.45, 7) is 1.35. The molecule has 10 heteroatoms. The van der Waals surface area contributed by atoms with Gasteiger partial charge in [-0.15, -0.1) is 0 Å². The lowest BCUT2D eigenvalue weighted by atomic mass is 10.2. The number of thiazole rings is 1. The van der Waals surface area contributed by atoms with E-state index < -0.39 is 0 Å². The van der Waals surface area contributed by atoms with Gasteiger partial charge < -0.3 is 10.6 Å². The highest BCUT2D eigenvalue weighted by Crippen LogP contribution is 2.31. The van der Waals surface area contributed by atoms with Crippen molar-refractivity contribution in [1.29, 1.82) is 0 Å². The van der Waals surface area contributed by atoms with E-state index in [1.54, 1.807) is 30.3 Å². The molecule has 0 aliphatic carbocycles. The van der Waals surface area contributed by atoms with E-state index in [9.17, 15) is 4.79 Å². The zero-order chi connectivity index (χ0) is 19.0. The second kappa shape index (κ2) is 7.30. The fraction of sp³-hybridized carbons (Fsp3) is 0.176. The molecule has 4 rings (SSSR count). The molecule has 0 atom stereocenters. The van der Waals surface area contributed by atoms with Crippen molar-refractivity contribution in [1.82, 2.24) is 15.0 Å². The van der Waals surface area contributed by atoms with Crippen molar-refractivity contribution in [3.05, 3.63) is 56.6 Å². The molecule has 3 N–H and O–H groups in total. The van der Waals surface area contributed by atoms with Crippen molar-refractivity contribution in [2.75, 3.05) is 22.5 Å². The maximum Gasteiger partial charge on any atom is 0.257 e. The topological polar surface area (TPSA) is 97.0 Å². The van der Waals surface area contributed by atoms with Crippen LogP contribution < -0.4 is 16.0 Å². The minimum Gasteiger partial charge on any atom is -0.368 e. The van der Waals surface area contributed by atoms with E-state index in [0.717, 1.165) is 23.5 Å². The van der Waals surface area contributed by atoms with Gasteiger partial charge in [0, 0.05) is 34.5 Å².